The van der Waals surface area contributed by atoms with Crippen molar-refractivity contribution in [3.63, 3.8) is 0 Å². The van der Waals surface area contributed by atoms with Gasteiger partial charge in [0.25, 0.3) is 0 Å². The zero-order valence-electron chi connectivity index (χ0n) is 10.3. The smallest absolute Gasteiger partial charge is 0.303 e. The van der Waals surface area contributed by atoms with Crippen LogP contribution >= 0.6 is 0 Å². The van der Waals surface area contributed by atoms with Gasteiger partial charge in [0.2, 0.25) is 0 Å². The molecular formula is C14H20O3. The van der Waals surface area contributed by atoms with Gasteiger partial charge in [-0.3, -0.25) is 4.79 Å². The van der Waals surface area contributed by atoms with Gasteiger partial charge in [0, 0.05) is 6.42 Å². The minimum atomic E-state index is -0.741. The molecule has 0 aliphatic heterocycles. The van der Waals surface area contributed by atoms with Crippen molar-refractivity contribution in [3.05, 3.63) is 29.8 Å². The molecule has 0 amide bonds. The first-order chi connectivity index (χ1) is 8.22. The Labute approximate surface area is 102 Å². The Hall–Kier alpha value is -1.51. The first-order valence-electron chi connectivity index (χ1n) is 6.16. The third kappa shape index (κ3) is 5.95. The number of carboxylic acid groups (broad SMARTS) is 1. The summed E-state index contributed by atoms with van der Waals surface area (Å²) in [4.78, 5) is 10.3. The molecule has 0 aliphatic rings. The van der Waals surface area contributed by atoms with E-state index in [0.29, 0.717) is 13.0 Å². The molecule has 0 saturated carbocycles. The molecule has 1 aromatic rings. The molecule has 0 heterocycles. The molecule has 0 aliphatic carbocycles. The summed E-state index contributed by atoms with van der Waals surface area (Å²) in [5.74, 6) is 0.140. The largest absolute Gasteiger partial charge is 0.494 e. The number of rotatable bonds is 8. The minimum Gasteiger partial charge on any atom is -0.494 e. The number of aryl methyl sites for hydroxylation is 1. The van der Waals surface area contributed by atoms with Crippen molar-refractivity contribution in [3.8, 4) is 5.75 Å². The molecule has 0 saturated heterocycles. The molecule has 1 aromatic carbocycles. The number of benzene rings is 1. The Morgan fingerprint density at radius 3 is 2.88 bits per heavy atom. The fourth-order valence-electron chi connectivity index (χ4n) is 1.65. The average Bonchev–Trinajstić information content (AvgIpc) is 2.29. The van der Waals surface area contributed by atoms with Crippen LogP contribution in [0.4, 0.5) is 0 Å². The van der Waals surface area contributed by atoms with Gasteiger partial charge in [0.15, 0.2) is 0 Å². The highest BCUT2D eigenvalue weighted by molar-refractivity contribution is 5.66. The monoisotopic (exact) mass is 236 g/mol. The van der Waals surface area contributed by atoms with Crippen LogP contribution in [0.1, 0.15) is 38.2 Å². The average molecular weight is 236 g/mol. The lowest BCUT2D eigenvalue weighted by Gasteiger charge is -2.07. The van der Waals surface area contributed by atoms with Gasteiger partial charge >= 0.3 is 5.97 Å². The van der Waals surface area contributed by atoms with Gasteiger partial charge in [0.05, 0.1) is 6.61 Å². The van der Waals surface area contributed by atoms with E-state index in [2.05, 4.69) is 19.1 Å². The molecule has 3 nitrogen and oxygen atoms in total. The van der Waals surface area contributed by atoms with E-state index in [9.17, 15) is 4.79 Å². The fourth-order valence-corrected chi connectivity index (χ4v) is 1.65. The molecule has 1 rings (SSSR count). The first-order valence-corrected chi connectivity index (χ1v) is 6.16. The Balaban J connectivity index is 2.26. The highest BCUT2D eigenvalue weighted by Crippen LogP contribution is 2.15. The fraction of sp³-hybridized carbons (Fsp3) is 0.500. The van der Waals surface area contributed by atoms with E-state index in [1.54, 1.807) is 0 Å². The van der Waals surface area contributed by atoms with E-state index in [1.165, 1.54) is 5.56 Å². The SMILES string of the molecule is CCCc1cccc(OCCCCC(=O)O)c1. The maximum Gasteiger partial charge on any atom is 0.303 e. The normalized spacial score (nSPS) is 10.2. The maximum absolute atomic E-state index is 10.3. The number of hydrogen-bond acceptors (Lipinski definition) is 2. The van der Waals surface area contributed by atoms with E-state index in [-0.39, 0.29) is 6.42 Å². The molecule has 0 unspecified atom stereocenters. The summed E-state index contributed by atoms with van der Waals surface area (Å²) in [7, 11) is 0. The third-order valence-electron chi connectivity index (χ3n) is 2.49. The standard InChI is InChI=1S/C14H20O3/c1-2-6-12-7-5-8-13(11-12)17-10-4-3-9-14(15)16/h5,7-8,11H,2-4,6,9-10H2,1H3,(H,15,16). The Morgan fingerprint density at radius 1 is 1.35 bits per heavy atom. The lowest BCUT2D eigenvalue weighted by Crippen LogP contribution is -2.00. The molecule has 17 heavy (non-hydrogen) atoms. The Kier molecular flexibility index (Phi) is 6.15. The third-order valence-corrected chi connectivity index (χ3v) is 2.49. The van der Waals surface area contributed by atoms with Crippen LogP contribution in [0.5, 0.6) is 5.75 Å². The van der Waals surface area contributed by atoms with Crippen LogP contribution < -0.4 is 4.74 Å². The molecule has 0 radical (unpaired) electrons. The molecule has 3 heteroatoms. The van der Waals surface area contributed by atoms with E-state index in [1.807, 2.05) is 12.1 Å². The number of hydrogen-bond donors (Lipinski definition) is 1. The summed E-state index contributed by atoms with van der Waals surface area (Å²) in [6.45, 7) is 2.74. The lowest BCUT2D eigenvalue weighted by atomic mass is 10.1. The molecule has 0 bridgehead atoms. The zero-order chi connectivity index (χ0) is 12.5. The Morgan fingerprint density at radius 2 is 2.18 bits per heavy atom. The summed E-state index contributed by atoms with van der Waals surface area (Å²) in [5, 5.41) is 8.48. The second-order valence-corrected chi connectivity index (χ2v) is 4.10. The van der Waals surface area contributed by atoms with Crippen molar-refractivity contribution in [2.45, 2.75) is 39.0 Å². The molecule has 94 valence electrons. The van der Waals surface area contributed by atoms with E-state index in [0.717, 1.165) is 25.0 Å². The van der Waals surface area contributed by atoms with Crippen LogP contribution in [0.15, 0.2) is 24.3 Å². The summed E-state index contributed by atoms with van der Waals surface area (Å²) >= 11 is 0. The number of carboxylic acids is 1. The van der Waals surface area contributed by atoms with Crippen LogP contribution in [-0.4, -0.2) is 17.7 Å². The molecule has 0 fully saturated rings. The predicted octanol–water partition coefficient (Wildman–Crippen LogP) is 3.27. The van der Waals surface area contributed by atoms with Crippen molar-refractivity contribution in [1.29, 1.82) is 0 Å². The van der Waals surface area contributed by atoms with Crippen molar-refractivity contribution in [1.82, 2.24) is 0 Å². The summed E-state index contributed by atoms with van der Waals surface area (Å²) < 4.78 is 5.58. The summed E-state index contributed by atoms with van der Waals surface area (Å²) in [5.41, 5.74) is 1.29. The van der Waals surface area contributed by atoms with Crippen molar-refractivity contribution < 1.29 is 14.6 Å². The van der Waals surface area contributed by atoms with Gasteiger partial charge in [-0.2, -0.15) is 0 Å². The van der Waals surface area contributed by atoms with Gasteiger partial charge in [-0.25, -0.2) is 0 Å². The second-order valence-electron chi connectivity index (χ2n) is 4.10. The number of carbonyl (C=O) groups is 1. The molecule has 1 N–H and O–H groups in total. The number of ether oxygens (including phenoxy) is 1. The number of aliphatic carboxylic acids is 1. The quantitative estimate of drug-likeness (QED) is 0.705. The lowest BCUT2D eigenvalue weighted by molar-refractivity contribution is -0.137. The van der Waals surface area contributed by atoms with Crippen molar-refractivity contribution in [2.75, 3.05) is 6.61 Å². The Bertz CT molecular complexity index is 347. The van der Waals surface area contributed by atoms with Crippen molar-refractivity contribution >= 4 is 5.97 Å². The van der Waals surface area contributed by atoms with E-state index < -0.39 is 5.97 Å². The highest BCUT2D eigenvalue weighted by Gasteiger charge is 1.98. The van der Waals surface area contributed by atoms with Crippen LogP contribution in [0, 0.1) is 0 Å². The number of unbranched alkanes of at least 4 members (excludes halogenated alkanes) is 1. The van der Waals surface area contributed by atoms with E-state index >= 15 is 0 Å². The molecular weight excluding hydrogens is 216 g/mol. The van der Waals surface area contributed by atoms with Crippen LogP contribution in [-0.2, 0) is 11.2 Å². The van der Waals surface area contributed by atoms with Crippen LogP contribution in [0.25, 0.3) is 0 Å². The van der Waals surface area contributed by atoms with Gasteiger partial charge in [0.1, 0.15) is 5.75 Å². The summed E-state index contributed by atoms with van der Waals surface area (Å²) in [6.07, 6.45) is 3.87. The maximum atomic E-state index is 10.3. The molecule has 0 atom stereocenters. The van der Waals surface area contributed by atoms with Crippen LogP contribution in [0.2, 0.25) is 0 Å². The van der Waals surface area contributed by atoms with Crippen molar-refractivity contribution in [2.24, 2.45) is 0 Å². The van der Waals surface area contributed by atoms with E-state index in [4.69, 9.17) is 9.84 Å². The molecule has 0 spiro atoms. The predicted molar refractivity (Wildman–Crippen MR) is 67.4 cm³/mol. The minimum absolute atomic E-state index is 0.221. The topological polar surface area (TPSA) is 46.5 Å². The molecule has 0 aromatic heterocycles. The van der Waals surface area contributed by atoms with Gasteiger partial charge in [-0.15, -0.1) is 0 Å². The van der Waals surface area contributed by atoms with Crippen LogP contribution in [0.3, 0.4) is 0 Å². The summed E-state index contributed by atoms with van der Waals surface area (Å²) in [6, 6.07) is 8.09. The zero-order valence-corrected chi connectivity index (χ0v) is 10.3. The second kappa shape index (κ2) is 7.71. The van der Waals surface area contributed by atoms with Gasteiger partial charge < -0.3 is 9.84 Å². The highest BCUT2D eigenvalue weighted by atomic mass is 16.5. The van der Waals surface area contributed by atoms with Gasteiger partial charge in [-0.1, -0.05) is 25.5 Å². The van der Waals surface area contributed by atoms with Gasteiger partial charge in [-0.05, 0) is 37.0 Å². The first kappa shape index (κ1) is 13.6.